The lowest BCUT2D eigenvalue weighted by atomic mass is 9.97. The third-order valence-electron chi connectivity index (χ3n) is 4.94. The SMILES string of the molecule is CCCNC(=O)[C@@H]1O[C@H]1N[C@H](C(=O)N1CCC[C@H]1C(=O)O)[C@@H](C)CC. The van der Waals surface area contributed by atoms with Gasteiger partial charge in [0.1, 0.15) is 12.3 Å². The summed E-state index contributed by atoms with van der Waals surface area (Å²) in [5, 5.41) is 15.2. The van der Waals surface area contributed by atoms with E-state index in [1.54, 1.807) is 0 Å². The van der Waals surface area contributed by atoms with E-state index in [-0.39, 0.29) is 17.7 Å². The van der Waals surface area contributed by atoms with Gasteiger partial charge in [-0.2, -0.15) is 0 Å². The molecule has 0 unspecified atom stereocenters. The predicted octanol–water partition coefficient (Wildman–Crippen LogP) is 0.317. The second-order valence-electron chi connectivity index (χ2n) is 6.83. The van der Waals surface area contributed by atoms with Gasteiger partial charge in [-0.05, 0) is 25.2 Å². The summed E-state index contributed by atoms with van der Waals surface area (Å²) in [4.78, 5) is 37.6. The monoisotopic (exact) mass is 355 g/mol. The molecule has 2 fully saturated rings. The Kier molecular flexibility index (Phi) is 6.78. The van der Waals surface area contributed by atoms with E-state index in [0.29, 0.717) is 25.9 Å². The molecule has 0 bridgehead atoms. The summed E-state index contributed by atoms with van der Waals surface area (Å²) >= 11 is 0. The molecule has 5 atom stereocenters. The van der Waals surface area contributed by atoms with Gasteiger partial charge >= 0.3 is 5.97 Å². The summed E-state index contributed by atoms with van der Waals surface area (Å²) in [5.74, 6) is -1.36. The highest BCUT2D eigenvalue weighted by atomic mass is 16.6. The molecule has 2 amide bonds. The summed E-state index contributed by atoms with van der Waals surface area (Å²) in [7, 11) is 0. The maximum absolute atomic E-state index is 12.9. The van der Waals surface area contributed by atoms with E-state index in [1.165, 1.54) is 4.90 Å². The lowest BCUT2D eigenvalue weighted by Crippen LogP contribution is -2.54. The molecule has 8 nitrogen and oxygen atoms in total. The zero-order chi connectivity index (χ0) is 18.6. The van der Waals surface area contributed by atoms with E-state index in [9.17, 15) is 19.5 Å². The Bertz CT molecular complexity index is 513. The van der Waals surface area contributed by atoms with Gasteiger partial charge in [0.2, 0.25) is 5.91 Å². The van der Waals surface area contributed by atoms with E-state index in [4.69, 9.17) is 4.74 Å². The van der Waals surface area contributed by atoms with Crippen LogP contribution in [0.1, 0.15) is 46.5 Å². The number of nitrogens with one attached hydrogen (secondary N) is 2. The lowest BCUT2D eigenvalue weighted by molar-refractivity contribution is -0.149. The van der Waals surface area contributed by atoms with Crippen LogP contribution in [0.15, 0.2) is 0 Å². The molecule has 3 N–H and O–H groups in total. The molecule has 0 radical (unpaired) electrons. The van der Waals surface area contributed by atoms with Gasteiger partial charge in [-0.3, -0.25) is 14.9 Å². The minimum atomic E-state index is -0.965. The van der Waals surface area contributed by atoms with Gasteiger partial charge in [-0.1, -0.05) is 27.2 Å². The van der Waals surface area contributed by atoms with Gasteiger partial charge in [0.15, 0.2) is 6.10 Å². The molecule has 2 aliphatic rings. The lowest BCUT2D eigenvalue weighted by Gasteiger charge is -2.30. The van der Waals surface area contributed by atoms with Crippen molar-refractivity contribution in [1.82, 2.24) is 15.5 Å². The number of hydrogen-bond acceptors (Lipinski definition) is 5. The van der Waals surface area contributed by atoms with Crippen molar-refractivity contribution in [3.8, 4) is 0 Å². The number of carboxylic acid groups (broad SMARTS) is 1. The fourth-order valence-corrected chi connectivity index (χ4v) is 3.14. The van der Waals surface area contributed by atoms with Gasteiger partial charge in [0.25, 0.3) is 5.91 Å². The highest BCUT2D eigenvalue weighted by Crippen LogP contribution is 2.25. The Morgan fingerprint density at radius 3 is 2.64 bits per heavy atom. The zero-order valence-electron chi connectivity index (χ0n) is 15.2. The first kappa shape index (κ1) is 19.7. The molecule has 2 heterocycles. The van der Waals surface area contributed by atoms with E-state index in [1.807, 2.05) is 20.8 Å². The minimum Gasteiger partial charge on any atom is -0.480 e. The standard InChI is InChI=1S/C17H29N3O5/c1-4-8-18-14(21)13-15(25-13)19-12(10(3)5-2)16(22)20-9-6-7-11(20)17(23)24/h10-13,15,19H,4-9H2,1-3H3,(H,18,21)(H,23,24)/t10-,11-,12-,13-,15+/m0/s1. The molecule has 0 aliphatic carbocycles. The normalized spacial score (nSPS) is 27.6. The second kappa shape index (κ2) is 8.62. The number of hydrogen-bond donors (Lipinski definition) is 3. The van der Waals surface area contributed by atoms with Crippen LogP contribution in [0, 0.1) is 5.92 Å². The number of ether oxygens (including phenoxy) is 1. The first-order chi connectivity index (χ1) is 11.9. The molecule has 0 aromatic carbocycles. The molecular weight excluding hydrogens is 326 g/mol. The van der Waals surface area contributed by atoms with Gasteiger partial charge in [0, 0.05) is 13.1 Å². The number of nitrogens with zero attached hydrogens (tertiary/aromatic N) is 1. The Balaban J connectivity index is 1.99. The number of aliphatic carboxylic acids is 1. The number of likely N-dealkylation sites (tertiary alicyclic amines) is 1. The van der Waals surface area contributed by atoms with Crippen molar-refractivity contribution in [2.24, 2.45) is 5.92 Å². The summed E-state index contributed by atoms with van der Waals surface area (Å²) in [6.45, 7) is 6.93. The number of carbonyl (C=O) groups is 3. The number of carbonyl (C=O) groups excluding carboxylic acids is 2. The molecule has 2 aliphatic heterocycles. The largest absolute Gasteiger partial charge is 0.480 e. The molecule has 142 valence electrons. The number of rotatable bonds is 9. The number of epoxide rings is 1. The van der Waals surface area contributed by atoms with Crippen LogP contribution in [0.5, 0.6) is 0 Å². The van der Waals surface area contributed by atoms with Crippen molar-refractivity contribution in [1.29, 1.82) is 0 Å². The van der Waals surface area contributed by atoms with E-state index < -0.39 is 30.4 Å². The Hall–Kier alpha value is -1.67. The number of amides is 2. The van der Waals surface area contributed by atoms with Crippen LogP contribution in [0.2, 0.25) is 0 Å². The van der Waals surface area contributed by atoms with Crippen molar-refractivity contribution in [2.75, 3.05) is 13.1 Å². The van der Waals surface area contributed by atoms with Crippen LogP contribution in [0.4, 0.5) is 0 Å². The van der Waals surface area contributed by atoms with Crippen LogP contribution in [0.25, 0.3) is 0 Å². The average Bonchev–Trinajstić information content (AvgIpc) is 3.19. The predicted molar refractivity (Wildman–Crippen MR) is 90.7 cm³/mol. The topological polar surface area (TPSA) is 111 Å². The van der Waals surface area contributed by atoms with E-state index in [2.05, 4.69) is 10.6 Å². The average molecular weight is 355 g/mol. The smallest absolute Gasteiger partial charge is 0.326 e. The van der Waals surface area contributed by atoms with Crippen LogP contribution in [-0.2, 0) is 19.1 Å². The summed E-state index contributed by atoms with van der Waals surface area (Å²) < 4.78 is 5.38. The first-order valence-corrected chi connectivity index (χ1v) is 9.13. The highest BCUT2D eigenvalue weighted by Gasteiger charge is 2.48. The molecular formula is C17H29N3O5. The van der Waals surface area contributed by atoms with Gasteiger partial charge in [-0.15, -0.1) is 0 Å². The van der Waals surface area contributed by atoms with E-state index in [0.717, 1.165) is 12.8 Å². The van der Waals surface area contributed by atoms with Crippen molar-refractivity contribution in [3.63, 3.8) is 0 Å². The molecule has 0 saturated carbocycles. The zero-order valence-corrected chi connectivity index (χ0v) is 15.2. The molecule has 2 rings (SSSR count). The summed E-state index contributed by atoms with van der Waals surface area (Å²) in [6, 6.07) is -1.32. The maximum Gasteiger partial charge on any atom is 0.326 e. The Labute approximate surface area is 148 Å². The molecule has 2 saturated heterocycles. The van der Waals surface area contributed by atoms with Crippen LogP contribution in [-0.4, -0.2) is 65.3 Å². The van der Waals surface area contributed by atoms with Gasteiger partial charge in [-0.25, -0.2) is 4.79 Å². The van der Waals surface area contributed by atoms with Crippen molar-refractivity contribution in [2.45, 2.75) is 70.9 Å². The molecule has 0 aromatic rings. The quantitative estimate of drug-likeness (QED) is 0.514. The molecule has 8 heteroatoms. The molecule has 25 heavy (non-hydrogen) atoms. The number of carboxylic acids is 1. The van der Waals surface area contributed by atoms with Crippen molar-refractivity contribution in [3.05, 3.63) is 0 Å². The fourth-order valence-electron chi connectivity index (χ4n) is 3.14. The third-order valence-corrected chi connectivity index (χ3v) is 4.94. The van der Waals surface area contributed by atoms with Crippen LogP contribution in [0.3, 0.4) is 0 Å². The summed E-state index contributed by atoms with van der Waals surface area (Å²) in [5.41, 5.74) is 0. The van der Waals surface area contributed by atoms with Crippen LogP contribution >= 0.6 is 0 Å². The summed E-state index contributed by atoms with van der Waals surface area (Å²) in [6.07, 6.45) is 1.70. The van der Waals surface area contributed by atoms with Crippen LogP contribution < -0.4 is 10.6 Å². The molecule has 0 spiro atoms. The second-order valence-corrected chi connectivity index (χ2v) is 6.83. The van der Waals surface area contributed by atoms with Crippen molar-refractivity contribution < 1.29 is 24.2 Å². The van der Waals surface area contributed by atoms with E-state index >= 15 is 0 Å². The first-order valence-electron chi connectivity index (χ1n) is 9.13. The Morgan fingerprint density at radius 2 is 2.04 bits per heavy atom. The van der Waals surface area contributed by atoms with Gasteiger partial charge < -0.3 is 20.1 Å². The maximum atomic E-state index is 12.9. The minimum absolute atomic E-state index is 0.00565. The third kappa shape index (κ3) is 4.70. The Morgan fingerprint density at radius 1 is 1.32 bits per heavy atom. The highest BCUT2D eigenvalue weighted by molar-refractivity contribution is 5.88. The van der Waals surface area contributed by atoms with Crippen molar-refractivity contribution >= 4 is 17.8 Å². The fraction of sp³-hybridized carbons (Fsp3) is 0.824. The molecule has 0 aromatic heterocycles. The van der Waals surface area contributed by atoms with Gasteiger partial charge in [0.05, 0.1) is 6.04 Å².